The first-order chi connectivity index (χ1) is 6.85. The van der Waals surface area contributed by atoms with Gasteiger partial charge in [0.25, 0.3) is 0 Å². The summed E-state index contributed by atoms with van der Waals surface area (Å²) in [5.41, 5.74) is 0. The number of aliphatic hydroxyl groups is 2. The lowest BCUT2D eigenvalue weighted by Crippen LogP contribution is -2.36. The molecule has 8 heteroatoms. The van der Waals surface area contributed by atoms with E-state index >= 15 is 0 Å². The molecule has 1 unspecified atom stereocenters. The molecular weight excluding hydrogens is 219 g/mol. The van der Waals surface area contributed by atoms with Crippen LogP contribution in [-0.4, -0.2) is 54.8 Å². The van der Waals surface area contributed by atoms with Crippen molar-refractivity contribution in [3.05, 3.63) is 0 Å². The van der Waals surface area contributed by atoms with Crippen molar-refractivity contribution < 1.29 is 32.9 Å². The van der Waals surface area contributed by atoms with Crippen LogP contribution in [0.3, 0.4) is 0 Å². The van der Waals surface area contributed by atoms with Crippen LogP contribution in [0.15, 0.2) is 0 Å². The summed E-state index contributed by atoms with van der Waals surface area (Å²) in [7, 11) is 0. The number of amides is 1. The summed E-state index contributed by atoms with van der Waals surface area (Å²) in [5.74, 6) is -0.785. The van der Waals surface area contributed by atoms with Crippen LogP contribution in [0.5, 0.6) is 0 Å². The third-order valence-electron chi connectivity index (χ3n) is 1.24. The molecule has 5 nitrogen and oxygen atoms in total. The first-order valence-corrected chi connectivity index (χ1v) is 4.05. The van der Waals surface area contributed by atoms with E-state index in [-0.39, 0.29) is 6.54 Å². The number of rotatable bonds is 6. The minimum Gasteiger partial charge on any atom is -0.394 e. The van der Waals surface area contributed by atoms with Crippen molar-refractivity contribution in [2.45, 2.75) is 12.3 Å². The predicted molar refractivity (Wildman–Crippen MR) is 43.0 cm³/mol. The van der Waals surface area contributed by atoms with Crippen molar-refractivity contribution in [2.75, 3.05) is 26.4 Å². The van der Waals surface area contributed by atoms with Gasteiger partial charge in [-0.3, -0.25) is 4.79 Å². The predicted octanol–water partition coefficient (Wildman–Crippen LogP) is -0.965. The van der Waals surface area contributed by atoms with Gasteiger partial charge in [0, 0.05) is 6.54 Å². The lowest BCUT2D eigenvalue weighted by molar-refractivity contribution is -0.175. The highest BCUT2D eigenvalue weighted by atomic mass is 19.4. The second-order valence-electron chi connectivity index (χ2n) is 2.75. The average molecular weight is 231 g/mol. The van der Waals surface area contributed by atoms with Crippen molar-refractivity contribution in [1.29, 1.82) is 0 Å². The standard InChI is InChI=1S/C7H12F3NO4/c8-7(9,10)4-15-3-6(14)11-1-5(13)2-12/h5,12-13H,1-4H2,(H,11,14). The van der Waals surface area contributed by atoms with Gasteiger partial charge in [0.15, 0.2) is 0 Å². The normalized spacial score (nSPS) is 13.7. The summed E-state index contributed by atoms with van der Waals surface area (Å²) >= 11 is 0. The number of carbonyl (C=O) groups is 1. The third-order valence-corrected chi connectivity index (χ3v) is 1.24. The number of hydrogen-bond acceptors (Lipinski definition) is 4. The third kappa shape index (κ3) is 9.44. The molecule has 15 heavy (non-hydrogen) atoms. The van der Waals surface area contributed by atoms with Crippen LogP contribution in [-0.2, 0) is 9.53 Å². The average Bonchev–Trinajstić information content (AvgIpc) is 2.12. The Kier molecular flexibility index (Phi) is 6.21. The number of hydrogen-bond donors (Lipinski definition) is 3. The number of alkyl halides is 3. The van der Waals surface area contributed by atoms with Gasteiger partial charge in [0.05, 0.1) is 12.7 Å². The Bertz CT molecular complexity index is 197. The summed E-state index contributed by atoms with van der Waals surface area (Å²) in [4.78, 5) is 10.8. The molecule has 1 amide bonds. The zero-order chi connectivity index (χ0) is 11.9. The summed E-state index contributed by atoms with van der Waals surface area (Å²) in [6.45, 7) is -3.00. The largest absolute Gasteiger partial charge is 0.411 e. The first-order valence-electron chi connectivity index (χ1n) is 4.05. The lowest BCUT2D eigenvalue weighted by atomic mass is 10.4. The zero-order valence-corrected chi connectivity index (χ0v) is 7.75. The highest BCUT2D eigenvalue weighted by Gasteiger charge is 2.27. The molecule has 0 saturated carbocycles. The summed E-state index contributed by atoms with van der Waals surface area (Å²) in [6, 6.07) is 0. The molecule has 0 radical (unpaired) electrons. The fourth-order valence-corrected chi connectivity index (χ4v) is 0.607. The fourth-order valence-electron chi connectivity index (χ4n) is 0.607. The van der Waals surface area contributed by atoms with E-state index in [1.165, 1.54) is 0 Å². The Morgan fingerprint density at radius 3 is 2.53 bits per heavy atom. The maximum Gasteiger partial charge on any atom is 0.411 e. The molecule has 3 N–H and O–H groups in total. The molecule has 0 bridgehead atoms. The molecule has 0 spiro atoms. The number of carbonyl (C=O) groups excluding carboxylic acids is 1. The van der Waals surface area contributed by atoms with E-state index in [0.717, 1.165) is 0 Å². The summed E-state index contributed by atoms with van der Waals surface area (Å²) in [5, 5.41) is 19.2. The molecule has 0 aliphatic carbocycles. The van der Waals surface area contributed by atoms with Crippen LogP contribution >= 0.6 is 0 Å². The highest BCUT2D eigenvalue weighted by Crippen LogP contribution is 2.13. The molecule has 0 rings (SSSR count). The molecule has 0 aromatic carbocycles. The van der Waals surface area contributed by atoms with Crippen LogP contribution in [0.1, 0.15) is 0 Å². The second kappa shape index (κ2) is 6.59. The van der Waals surface area contributed by atoms with Crippen molar-refractivity contribution >= 4 is 5.91 Å². The lowest BCUT2D eigenvalue weighted by Gasteiger charge is -2.10. The molecule has 0 aromatic heterocycles. The Balaban J connectivity index is 3.50. The topological polar surface area (TPSA) is 78.8 Å². The van der Waals surface area contributed by atoms with E-state index in [2.05, 4.69) is 10.1 Å². The molecule has 0 aliphatic heterocycles. The number of aliphatic hydroxyl groups excluding tert-OH is 2. The van der Waals surface area contributed by atoms with Crippen molar-refractivity contribution in [3.63, 3.8) is 0 Å². The van der Waals surface area contributed by atoms with E-state index in [1.54, 1.807) is 0 Å². The molecule has 0 heterocycles. The van der Waals surface area contributed by atoms with Crippen LogP contribution < -0.4 is 5.32 Å². The van der Waals surface area contributed by atoms with E-state index in [9.17, 15) is 18.0 Å². The smallest absolute Gasteiger partial charge is 0.394 e. The zero-order valence-electron chi connectivity index (χ0n) is 7.75. The van der Waals surface area contributed by atoms with Gasteiger partial charge in [0.1, 0.15) is 13.2 Å². The van der Waals surface area contributed by atoms with Gasteiger partial charge in [-0.05, 0) is 0 Å². The second-order valence-corrected chi connectivity index (χ2v) is 2.75. The number of halogens is 3. The van der Waals surface area contributed by atoms with Gasteiger partial charge in [-0.2, -0.15) is 13.2 Å². The summed E-state index contributed by atoms with van der Waals surface area (Å²) in [6.07, 6.45) is -5.60. The van der Waals surface area contributed by atoms with Gasteiger partial charge < -0.3 is 20.3 Å². The minimum absolute atomic E-state index is 0.231. The quantitative estimate of drug-likeness (QED) is 0.550. The Labute approximate surface area is 83.8 Å². The van der Waals surface area contributed by atoms with E-state index in [0.29, 0.717) is 0 Å². The van der Waals surface area contributed by atoms with Crippen LogP contribution in [0.25, 0.3) is 0 Å². The first kappa shape index (κ1) is 14.1. The number of nitrogens with one attached hydrogen (secondary N) is 1. The Morgan fingerprint density at radius 2 is 2.07 bits per heavy atom. The van der Waals surface area contributed by atoms with E-state index < -0.39 is 38.0 Å². The van der Waals surface area contributed by atoms with Gasteiger partial charge in [0.2, 0.25) is 5.91 Å². The summed E-state index contributed by atoms with van der Waals surface area (Å²) < 4.78 is 38.7. The van der Waals surface area contributed by atoms with Crippen molar-refractivity contribution in [2.24, 2.45) is 0 Å². The highest BCUT2D eigenvalue weighted by molar-refractivity contribution is 5.77. The number of ether oxygens (including phenoxy) is 1. The SMILES string of the molecule is O=C(COCC(F)(F)F)NCC(O)CO. The Morgan fingerprint density at radius 1 is 1.47 bits per heavy atom. The molecule has 1 atom stereocenters. The van der Waals surface area contributed by atoms with Gasteiger partial charge in [-0.15, -0.1) is 0 Å². The van der Waals surface area contributed by atoms with Crippen molar-refractivity contribution in [3.8, 4) is 0 Å². The molecule has 90 valence electrons. The molecule has 0 aliphatic rings. The van der Waals surface area contributed by atoms with Gasteiger partial charge in [-0.25, -0.2) is 0 Å². The van der Waals surface area contributed by atoms with Gasteiger partial charge in [-0.1, -0.05) is 0 Å². The van der Waals surface area contributed by atoms with Crippen LogP contribution in [0.2, 0.25) is 0 Å². The van der Waals surface area contributed by atoms with E-state index in [1.807, 2.05) is 0 Å². The monoisotopic (exact) mass is 231 g/mol. The maximum atomic E-state index is 11.5. The Hall–Kier alpha value is -0.860. The maximum absolute atomic E-state index is 11.5. The minimum atomic E-state index is -4.47. The fraction of sp³-hybridized carbons (Fsp3) is 0.857. The molecule has 0 saturated heterocycles. The van der Waals surface area contributed by atoms with Crippen LogP contribution in [0, 0.1) is 0 Å². The van der Waals surface area contributed by atoms with E-state index in [4.69, 9.17) is 10.2 Å². The van der Waals surface area contributed by atoms with Crippen molar-refractivity contribution in [1.82, 2.24) is 5.32 Å². The molecule has 0 fully saturated rings. The molecular formula is C7H12F3NO4. The van der Waals surface area contributed by atoms with Crippen LogP contribution in [0.4, 0.5) is 13.2 Å². The van der Waals surface area contributed by atoms with Gasteiger partial charge >= 0.3 is 6.18 Å². The molecule has 0 aromatic rings.